The maximum atomic E-state index is 8.91. The van der Waals surface area contributed by atoms with Gasteiger partial charge in [0.25, 0.3) is 0 Å². The molecule has 0 amide bonds. The highest BCUT2D eigenvalue weighted by molar-refractivity contribution is 5.63. The Kier molecular flexibility index (Phi) is 9.07. The summed E-state index contributed by atoms with van der Waals surface area (Å²) in [6.07, 6.45) is 14.0. The number of ether oxygens (including phenoxy) is 1. The molecule has 0 fully saturated rings. The van der Waals surface area contributed by atoms with E-state index in [2.05, 4.69) is 23.0 Å². The molecule has 3 rings (SSSR count). The van der Waals surface area contributed by atoms with Gasteiger partial charge >= 0.3 is 0 Å². The van der Waals surface area contributed by atoms with Gasteiger partial charge in [-0.3, -0.25) is 9.97 Å². The lowest BCUT2D eigenvalue weighted by molar-refractivity contribution is 0.304. The van der Waals surface area contributed by atoms with Crippen molar-refractivity contribution < 1.29 is 4.74 Å². The predicted octanol–water partition coefficient (Wildman–Crippen LogP) is 7.20. The number of nitrogens with zero attached hydrogens (tertiary/aromatic N) is 3. The Morgan fingerprint density at radius 3 is 1.74 bits per heavy atom. The summed E-state index contributed by atoms with van der Waals surface area (Å²) in [5, 5.41) is 8.91. The van der Waals surface area contributed by atoms with E-state index < -0.39 is 0 Å². The van der Waals surface area contributed by atoms with Crippen LogP contribution < -0.4 is 4.74 Å². The Bertz CT molecular complexity index is 942. The van der Waals surface area contributed by atoms with Gasteiger partial charge in [0.2, 0.25) is 0 Å². The van der Waals surface area contributed by atoms with Crippen molar-refractivity contribution in [3.8, 4) is 34.3 Å². The first-order valence-corrected chi connectivity index (χ1v) is 11.4. The van der Waals surface area contributed by atoms with E-state index in [1.54, 1.807) is 24.5 Å². The number of aromatic nitrogens is 2. The van der Waals surface area contributed by atoms with E-state index >= 15 is 0 Å². The molecule has 31 heavy (non-hydrogen) atoms. The van der Waals surface area contributed by atoms with Crippen molar-refractivity contribution >= 4 is 0 Å². The molecule has 0 spiro atoms. The number of rotatable bonds is 12. The van der Waals surface area contributed by atoms with E-state index in [1.807, 2.05) is 36.4 Å². The minimum atomic E-state index is 0.637. The minimum Gasteiger partial charge on any atom is -0.494 e. The molecule has 0 saturated carbocycles. The van der Waals surface area contributed by atoms with Crippen LogP contribution in [0.5, 0.6) is 5.75 Å². The van der Waals surface area contributed by atoms with Crippen LogP contribution in [0, 0.1) is 11.3 Å². The third-order valence-corrected chi connectivity index (χ3v) is 5.38. The standard InChI is InChI=1S/C27H31N3O/c1-2-3-4-5-6-7-8-9-18-31-25-16-14-24(15-17-25)27-21-29-26(20-30-27)23-12-10-22(19-28)11-13-23/h10-17,20-21H,2-9,18H2,1H3. The van der Waals surface area contributed by atoms with Crippen LogP contribution in [0.3, 0.4) is 0 Å². The SMILES string of the molecule is CCCCCCCCCCOc1ccc(-c2cnc(-c3ccc(C#N)cc3)cn2)cc1. The van der Waals surface area contributed by atoms with Crippen molar-refractivity contribution in [2.75, 3.05) is 6.61 Å². The van der Waals surface area contributed by atoms with Gasteiger partial charge < -0.3 is 4.74 Å². The molecule has 0 atom stereocenters. The first-order valence-electron chi connectivity index (χ1n) is 11.4. The molecule has 4 nitrogen and oxygen atoms in total. The molecule has 0 bridgehead atoms. The van der Waals surface area contributed by atoms with Crippen LogP contribution in [0.25, 0.3) is 22.5 Å². The smallest absolute Gasteiger partial charge is 0.119 e. The van der Waals surface area contributed by atoms with Crippen LogP contribution in [0.2, 0.25) is 0 Å². The van der Waals surface area contributed by atoms with E-state index in [0.29, 0.717) is 5.56 Å². The van der Waals surface area contributed by atoms with E-state index in [1.165, 1.54) is 44.9 Å². The number of hydrogen-bond donors (Lipinski definition) is 0. The molecule has 0 radical (unpaired) electrons. The largest absolute Gasteiger partial charge is 0.494 e. The number of hydrogen-bond acceptors (Lipinski definition) is 4. The Morgan fingerprint density at radius 2 is 1.23 bits per heavy atom. The summed E-state index contributed by atoms with van der Waals surface area (Å²) in [7, 11) is 0. The van der Waals surface area contributed by atoms with Crippen molar-refractivity contribution in [2.45, 2.75) is 58.3 Å². The molecule has 0 aliphatic carbocycles. The molecule has 160 valence electrons. The van der Waals surface area contributed by atoms with Gasteiger partial charge in [-0.05, 0) is 42.8 Å². The molecule has 0 unspecified atom stereocenters. The molecule has 2 aromatic carbocycles. The van der Waals surface area contributed by atoms with Gasteiger partial charge in [0.05, 0.1) is 42.0 Å². The van der Waals surface area contributed by atoms with Crippen LogP contribution in [0.4, 0.5) is 0 Å². The molecule has 4 heteroatoms. The molecular weight excluding hydrogens is 382 g/mol. The van der Waals surface area contributed by atoms with Gasteiger partial charge in [0.15, 0.2) is 0 Å². The zero-order chi connectivity index (χ0) is 21.7. The van der Waals surface area contributed by atoms with Crippen molar-refractivity contribution in [1.82, 2.24) is 9.97 Å². The fourth-order valence-corrected chi connectivity index (χ4v) is 3.49. The highest BCUT2D eigenvalue weighted by Gasteiger charge is 2.04. The van der Waals surface area contributed by atoms with Gasteiger partial charge in [-0.25, -0.2) is 0 Å². The second kappa shape index (κ2) is 12.5. The van der Waals surface area contributed by atoms with E-state index in [-0.39, 0.29) is 0 Å². The van der Waals surface area contributed by atoms with E-state index in [4.69, 9.17) is 10.00 Å². The molecule has 0 N–H and O–H groups in total. The Balaban J connectivity index is 1.44. The summed E-state index contributed by atoms with van der Waals surface area (Å²) in [5.41, 5.74) is 4.21. The summed E-state index contributed by atoms with van der Waals surface area (Å²) in [6, 6.07) is 17.5. The first-order chi connectivity index (χ1) is 15.3. The summed E-state index contributed by atoms with van der Waals surface area (Å²) >= 11 is 0. The van der Waals surface area contributed by atoms with Crippen molar-refractivity contribution in [1.29, 1.82) is 5.26 Å². The maximum Gasteiger partial charge on any atom is 0.119 e. The maximum absolute atomic E-state index is 8.91. The van der Waals surface area contributed by atoms with Gasteiger partial charge in [0, 0.05) is 11.1 Å². The average molecular weight is 414 g/mol. The Morgan fingerprint density at radius 1 is 0.710 bits per heavy atom. The lowest BCUT2D eigenvalue weighted by atomic mass is 10.1. The van der Waals surface area contributed by atoms with Gasteiger partial charge in [-0.2, -0.15) is 5.26 Å². The lowest BCUT2D eigenvalue weighted by Gasteiger charge is -2.08. The second-order valence-electron chi connectivity index (χ2n) is 7.82. The normalized spacial score (nSPS) is 10.6. The zero-order valence-corrected chi connectivity index (χ0v) is 18.4. The fourth-order valence-electron chi connectivity index (χ4n) is 3.49. The highest BCUT2D eigenvalue weighted by atomic mass is 16.5. The number of unbranched alkanes of at least 4 members (excludes halogenated alkanes) is 7. The third kappa shape index (κ3) is 7.22. The summed E-state index contributed by atoms with van der Waals surface area (Å²) < 4.78 is 5.88. The molecule has 1 aromatic heterocycles. The molecule has 3 aromatic rings. The lowest BCUT2D eigenvalue weighted by Crippen LogP contribution is -1.97. The molecular formula is C27H31N3O. The van der Waals surface area contributed by atoms with Gasteiger partial charge in [0.1, 0.15) is 5.75 Å². The van der Waals surface area contributed by atoms with Crippen molar-refractivity contribution in [2.24, 2.45) is 0 Å². The molecule has 1 heterocycles. The number of nitriles is 1. The van der Waals surface area contributed by atoms with Crippen LogP contribution in [0.1, 0.15) is 63.9 Å². The molecule has 0 saturated heterocycles. The summed E-state index contributed by atoms with van der Waals surface area (Å²) in [4.78, 5) is 9.08. The fraction of sp³-hybridized carbons (Fsp3) is 0.370. The zero-order valence-electron chi connectivity index (χ0n) is 18.4. The van der Waals surface area contributed by atoms with Crippen LogP contribution >= 0.6 is 0 Å². The van der Waals surface area contributed by atoms with Crippen molar-refractivity contribution in [3.05, 3.63) is 66.5 Å². The topological polar surface area (TPSA) is 58.8 Å². The van der Waals surface area contributed by atoms with Crippen LogP contribution in [-0.4, -0.2) is 16.6 Å². The highest BCUT2D eigenvalue weighted by Crippen LogP contribution is 2.23. The van der Waals surface area contributed by atoms with Crippen LogP contribution in [0.15, 0.2) is 60.9 Å². The molecule has 0 aliphatic heterocycles. The van der Waals surface area contributed by atoms with E-state index in [9.17, 15) is 0 Å². The Hall–Kier alpha value is -3.19. The summed E-state index contributed by atoms with van der Waals surface area (Å²) in [5.74, 6) is 0.897. The first kappa shape index (κ1) is 22.5. The van der Waals surface area contributed by atoms with Crippen LogP contribution in [-0.2, 0) is 0 Å². The summed E-state index contributed by atoms with van der Waals surface area (Å²) in [6.45, 7) is 3.03. The van der Waals surface area contributed by atoms with Crippen molar-refractivity contribution in [3.63, 3.8) is 0 Å². The second-order valence-corrected chi connectivity index (χ2v) is 7.82. The van der Waals surface area contributed by atoms with Gasteiger partial charge in [-0.1, -0.05) is 64.0 Å². The minimum absolute atomic E-state index is 0.637. The number of benzene rings is 2. The monoisotopic (exact) mass is 413 g/mol. The Labute approximate surface area is 186 Å². The molecule has 0 aliphatic rings. The quantitative estimate of drug-likeness (QED) is 0.295. The third-order valence-electron chi connectivity index (χ3n) is 5.38. The van der Waals surface area contributed by atoms with E-state index in [0.717, 1.165) is 41.3 Å². The van der Waals surface area contributed by atoms with Gasteiger partial charge in [-0.15, -0.1) is 0 Å². The predicted molar refractivity (Wildman–Crippen MR) is 126 cm³/mol. The average Bonchev–Trinajstić information content (AvgIpc) is 2.83.